The number of nitrogens with zero attached hydrogens (tertiary/aromatic N) is 3. The van der Waals surface area contributed by atoms with Crippen LogP contribution < -0.4 is 5.32 Å². The van der Waals surface area contributed by atoms with Gasteiger partial charge in [-0.15, -0.1) is 5.10 Å². The zero-order chi connectivity index (χ0) is 20.5. The Labute approximate surface area is 162 Å². The quantitative estimate of drug-likeness (QED) is 0.713. The predicted molar refractivity (Wildman–Crippen MR) is 103 cm³/mol. The first kappa shape index (κ1) is 19.3. The van der Waals surface area contributed by atoms with Gasteiger partial charge in [-0.25, -0.2) is 19.1 Å². The summed E-state index contributed by atoms with van der Waals surface area (Å²) in [4.78, 5) is 27.8. The van der Waals surface area contributed by atoms with E-state index in [1.165, 1.54) is 4.52 Å². The lowest BCUT2D eigenvalue weighted by Gasteiger charge is -2.22. The summed E-state index contributed by atoms with van der Waals surface area (Å²) in [7, 11) is 0. The van der Waals surface area contributed by atoms with E-state index in [1.807, 2.05) is 25.1 Å². The van der Waals surface area contributed by atoms with E-state index in [2.05, 4.69) is 15.4 Å². The Balaban J connectivity index is 1.90. The normalized spacial score (nSPS) is 12.6. The van der Waals surface area contributed by atoms with Crippen LogP contribution in [0.5, 0.6) is 0 Å². The van der Waals surface area contributed by atoms with Crippen molar-refractivity contribution in [2.75, 3.05) is 0 Å². The third-order valence-electron chi connectivity index (χ3n) is 3.97. The highest BCUT2D eigenvalue weighted by Gasteiger charge is 2.19. The van der Waals surface area contributed by atoms with E-state index in [0.29, 0.717) is 11.1 Å². The van der Waals surface area contributed by atoms with Crippen molar-refractivity contribution in [3.8, 4) is 11.4 Å². The van der Waals surface area contributed by atoms with Crippen LogP contribution in [-0.4, -0.2) is 37.4 Å². The number of amides is 1. The third kappa shape index (κ3) is 4.28. The molecule has 1 aromatic carbocycles. The number of carboxylic acid groups (broad SMARTS) is 1. The van der Waals surface area contributed by atoms with E-state index in [9.17, 15) is 14.7 Å². The summed E-state index contributed by atoms with van der Waals surface area (Å²) in [5.74, 6) is -0.837. The van der Waals surface area contributed by atoms with Gasteiger partial charge in [0.2, 0.25) is 0 Å². The highest BCUT2D eigenvalue weighted by Crippen LogP contribution is 2.22. The number of hydrogen-bond donors (Lipinski definition) is 2. The molecule has 2 heterocycles. The van der Waals surface area contributed by atoms with Gasteiger partial charge in [0.25, 0.3) is 0 Å². The molecule has 2 N–H and O–H groups in total. The molecule has 8 nitrogen and oxygen atoms in total. The Hall–Kier alpha value is -3.42. The minimum Gasteiger partial charge on any atom is -0.476 e. The number of carboxylic acids is 1. The topological polar surface area (TPSA) is 106 Å². The van der Waals surface area contributed by atoms with Crippen LogP contribution in [-0.2, 0) is 4.74 Å². The van der Waals surface area contributed by atoms with E-state index in [0.717, 1.165) is 5.56 Å². The van der Waals surface area contributed by atoms with Crippen LogP contribution in [0, 0.1) is 0 Å². The standard InChI is InChI=1S/C20H22N4O4/c1-12(21-19(27)28-20(2,3)4)13-7-5-8-14(11-13)17-22-16(18(25)26)15-9-6-10-24(15)23-17/h5-12H,1-4H3,(H,21,27)(H,25,26)/t12-/m1/s1. The SMILES string of the molecule is C[C@@H](NC(=O)OC(C)(C)C)c1cccc(-c2nc(C(=O)O)c3cccn3n2)c1. The molecule has 0 saturated carbocycles. The van der Waals surface area contributed by atoms with Gasteiger partial charge in [-0.2, -0.15) is 0 Å². The lowest BCUT2D eigenvalue weighted by atomic mass is 10.0. The third-order valence-corrected chi connectivity index (χ3v) is 3.97. The van der Waals surface area contributed by atoms with Crippen LogP contribution in [0.3, 0.4) is 0 Å². The van der Waals surface area contributed by atoms with Crippen molar-refractivity contribution in [1.82, 2.24) is 19.9 Å². The van der Waals surface area contributed by atoms with Gasteiger partial charge in [0, 0.05) is 11.8 Å². The van der Waals surface area contributed by atoms with Crippen LogP contribution in [0.1, 0.15) is 49.8 Å². The van der Waals surface area contributed by atoms with Crippen molar-refractivity contribution in [1.29, 1.82) is 0 Å². The van der Waals surface area contributed by atoms with Crippen molar-refractivity contribution in [2.45, 2.75) is 39.3 Å². The van der Waals surface area contributed by atoms with Crippen LogP contribution in [0.2, 0.25) is 0 Å². The summed E-state index contributed by atoms with van der Waals surface area (Å²) < 4.78 is 6.77. The number of fused-ring (bicyclic) bond motifs is 1. The van der Waals surface area contributed by atoms with Gasteiger partial charge in [0.1, 0.15) is 5.60 Å². The maximum atomic E-state index is 12.0. The molecule has 3 rings (SSSR count). The Bertz CT molecular complexity index is 1040. The maximum Gasteiger partial charge on any atom is 0.408 e. The molecular weight excluding hydrogens is 360 g/mol. The van der Waals surface area contributed by atoms with Crippen LogP contribution in [0.25, 0.3) is 16.9 Å². The number of ether oxygens (including phenoxy) is 1. The Morgan fingerprint density at radius 2 is 1.96 bits per heavy atom. The van der Waals surface area contributed by atoms with Gasteiger partial charge >= 0.3 is 12.1 Å². The molecule has 0 bridgehead atoms. The number of alkyl carbamates (subject to hydrolysis) is 1. The Kier molecular flexibility index (Phi) is 5.04. The van der Waals surface area contributed by atoms with E-state index in [4.69, 9.17) is 4.74 Å². The summed E-state index contributed by atoms with van der Waals surface area (Å²) in [6.45, 7) is 7.23. The molecule has 0 saturated heterocycles. The number of nitrogens with one attached hydrogen (secondary N) is 1. The molecule has 146 valence electrons. The van der Waals surface area contributed by atoms with E-state index in [-0.39, 0.29) is 17.6 Å². The number of aromatic nitrogens is 3. The molecule has 0 aliphatic heterocycles. The number of rotatable bonds is 4. The van der Waals surface area contributed by atoms with Crippen LogP contribution in [0.15, 0.2) is 42.6 Å². The molecule has 0 aliphatic rings. The second-order valence-corrected chi connectivity index (χ2v) is 7.42. The number of hydrogen-bond acceptors (Lipinski definition) is 5. The van der Waals surface area contributed by atoms with Gasteiger partial charge in [0.05, 0.1) is 11.6 Å². The summed E-state index contributed by atoms with van der Waals surface area (Å²) in [5.41, 5.74) is 1.23. The van der Waals surface area contributed by atoms with E-state index < -0.39 is 17.7 Å². The number of benzene rings is 1. The second-order valence-electron chi connectivity index (χ2n) is 7.42. The lowest BCUT2D eigenvalue weighted by Crippen LogP contribution is -2.34. The maximum absolute atomic E-state index is 12.0. The monoisotopic (exact) mass is 382 g/mol. The average molecular weight is 382 g/mol. The zero-order valence-electron chi connectivity index (χ0n) is 16.1. The molecular formula is C20H22N4O4. The van der Waals surface area contributed by atoms with Crippen molar-refractivity contribution >= 4 is 17.6 Å². The van der Waals surface area contributed by atoms with E-state index in [1.54, 1.807) is 45.2 Å². The largest absolute Gasteiger partial charge is 0.476 e. The number of aromatic carboxylic acids is 1. The first-order chi connectivity index (χ1) is 13.1. The number of carbonyl (C=O) groups excluding carboxylic acids is 1. The van der Waals surface area contributed by atoms with Crippen molar-refractivity contribution < 1.29 is 19.4 Å². The molecule has 28 heavy (non-hydrogen) atoms. The summed E-state index contributed by atoms with van der Waals surface area (Å²) in [5, 5.41) is 16.6. The molecule has 2 aromatic heterocycles. The number of carbonyl (C=O) groups is 2. The fourth-order valence-electron chi connectivity index (χ4n) is 2.73. The van der Waals surface area contributed by atoms with Gasteiger partial charge in [-0.3, -0.25) is 0 Å². The summed E-state index contributed by atoms with van der Waals surface area (Å²) >= 11 is 0. The zero-order valence-corrected chi connectivity index (χ0v) is 16.1. The highest BCUT2D eigenvalue weighted by molar-refractivity contribution is 5.93. The molecule has 0 radical (unpaired) electrons. The minimum atomic E-state index is -1.12. The molecule has 1 amide bonds. The smallest absolute Gasteiger partial charge is 0.408 e. The fraction of sp³-hybridized carbons (Fsp3) is 0.300. The second kappa shape index (κ2) is 7.30. The molecule has 0 aliphatic carbocycles. The van der Waals surface area contributed by atoms with Crippen LogP contribution >= 0.6 is 0 Å². The van der Waals surface area contributed by atoms with Gasteiger partial charge < -0.3 is 15.2 Å². The minimum absolute atomic E-state index is 0.0691. The fourth-order valence-corrected chi connectivity index (χ4v) is 2.73. The van der Waals surface area contributed by atoms with Crippen molar-refractivity contribution in [3.63, 3.8) is 0 Å². The van der Waals surface area contributed by atoms with Crippen molar-refractivity contribution in [2.24, 2.45) is 0 Å². The Morgan fingerprint density at radius 1 is 1.21 bits per heavy atom. The van der Waals surface area contributed by atoms with Gasteiger partial charge in [-0.1, -0.05) is 18.2 Å². The molecule has 0 unspecified atom stereocenters. The van der Waals surface area contributed by atoms with Crippen LogP contribution in [0.4, 0.5) is 4.79 Å². The summed E-state index contributed by atoms with van der Waals surface area (Å²) in [6.07, 6.45) is 1.16. The van der Waals surface area contributed by atoms with Gasteiger partial charge in [0.15, 0.2) is 11.5 Å². The Morgan fingerprint density at radius 3 is 2.64 bits per heavy atom. The molecule has 1 atom stereocenters. The highest BCUT2D eigenvalue weighted by atomic mass is 16.6. The summed E-state index contributed by atoms with van der Waals surface area (Å²) in [6, 6.07) is 10.3. The molecule has 0 fully saturated rings. The predicted octanol–water partition coefficient (Wildman–Crippen LogP) is 3.68. The molecule has 8 heteroatoms. The van der Waals surface area contributed by atoms with Gasteiger partial charge in [-0.05, 0) is 51.5 Å². The lowest BCUT2D eigenvalue weighted by molar-refractivity contribution is 0.0507. The molecule has 3 aromatic rings. The average Bonchev–Trinajstić information content (AvgIpc) is 3.07. The first-order valence-corrected chi connectivity index (χ1v) is 8.82. The molecule has 0 spiro atoms. The van der Waals surface area contributed by atoms with E-state index >= 15 is 0 Å². The first-order valence-electron chi connectivity index (χ1n) is 8.82. The van der Waals surface area contributed by atoms with Crippen molar-refractivity contribution in [3.05, 3.63) is 53.9 Å².